The molecule has 0 unspecified atom stereocenters. The number of anilines is 1. The van der Waals surface area contributed by atoms with Crippen LogP contribution in [-0.4, -0.2) is 15.7 Å². The lowest BCUT2D eigenvalue weighted by Crippen LogP contribution is -2.09. The van der Waals surface area contributed by atoms with Gasteiger partial charge in [-0.25, -0.2) is 0 Å². The molecule has 1 rings (SSSR count). The monoisotopic (exact) mass is 163 g/mol. The fourth-order valence-corrected chi connectivity index (χ4v) is 0.743. The Balaban J connectivity index is 2.62. The standard InChI is InChI=1S/C8H9N3O/c1-3-4-8(12)9-7-5-6-11(2)10-7/h5-6H,1-2H3,(H,9,10,12). The van der Waals surface area contributed by atoms with Crippen molar-refractivity contribution in [2.75, 3.05) is 5.32 Å². The maximum atomic E-state index is 10.9. The molecule has 0 bridgehead atoms. The van der Waals surface area contributed by atoms with Crippen molar-refractivity contribution in [3.05, 3.63) is 12.3 Å². The van der Waals surface area contributed by atoms with Gasteiger partial charge in [-0.3, -0.25) is 14.8 Å². The Hall–Kier alpha value is -1.76. The first-order valence-corrected chi connectivity index (χ1v) is 3.46. The van der Waals surface area contributed by atoms with Gasteiger partial charge < -0.3 is 0 Å². The van der Waals surface area contributed by atoms with Gasteiger partial charge in [0.2, 0.25) is 0 Å². The van der Waals surface area contributed by atoms with Gasteiger partial charge >= 0.3 is 5.91 Å². The molecule has 12 heavy (non-hydrogen) atoms. The molecule has 0 spiro atoms. The van der Waals surface area contributed by atoms with Crippen LogP contribution in [0.15, 0.2) is 12.3 Å². The minimum absolute atomic E-state index is 0.337. The van der Waals surface area contributed by atoms with Gasteiger partial charge in [0.15, 0.2) is 5.82 Å². The number of nitrogens with zero attached hydrogens (tertiary/aromatic N) is 2. The van der Waals surface area contributed by atoms with Gasteiger partial charge in [0.1, 0.15) is 0 Å². The summed E-state index contributed by atoms with van der Waals surface area (Å²) in [7, 11) is 1.78. The van der Waals surface area contributed by atoms with Crippen LogP contribution in [0.25, 0.3) is 0 Å². The number of aryl methyl sites for hydroxylation is 1. The van der Waals surface area contributed by atoms with Gasteiger partial charge in [0, 0.05) is 19.3 Å². The first-order chi connectivity index (χ1) is 5.72. The quantitative estimate of drug-likeness (QED) is 0.608. The molecule has 0 aromatic carbocycles. The van der Waals surface area contributed by atoms with Gasteiger partial charge in [-0.15, -0.1) is 0 Å². The molecule has 4 nitrogen and oxygen atoms in total. The van der Waals surface area contributed by atoms with E-state index >= 15 is 0 Å². The van der Waals surface area contributed by atoms with E-state index in [0.717, 1.165) is 0 Å². The molecule has 0 radical (unpaired) electrons. The zero-order valence-corrected chi connectivity index (χ0v) is 6.96. The summed E-state index contributed by atoms with van der Waals surface area (Å²) in [6.07, 6.45) is 1.75. The van der Waals surface area contributed by atoms with E-state index in [-0.39, 0.29) is 5.91 Å². The molecule has 62 valence electrons. The smallest absolute Gasteiger partial charge is 0.298 e. The van der Waals surface area contributed by atoms with Crippen molar-refractivity contribution >= 4 is 11.7 Å². The molecule has 0 aliphatic heterocycles. The fourth-order valence-electron chi connectivity index (χ4n) is 0.743. The van der Waals surface area contributed by atoms with E-state index in [9.17, 15) is 4.79 Å². The summed E-state index contributed by atoms with van der Waals surface area (Å²) in [5, 5.41) is 6.47. The largest absolute Gasteiger partial charge is 0.301 e. The summed E-state index contributed by atoms with van der Waals surface area (Å²) >= 11 is 0. The zero-order valence-electron chi connectivity index (χ0n) is 6.96. The van der Waals surface area contributed by atoms with Crippen LogP contribution >= 0.6 is 0 Å². The van der Waals surface area contributed by atoms with Crippen LogP contribution in [0.1, 0.15) is 6.92 Å². The first kappa shape index (κ1) is 8.34. The van der Waals surface area contributed by atoms with Crippen molar-refractivity contribution in [1.29, 1.82) is 0 Å². The lowest BCUT2D eigenvalue weighted by atomic mass is 10.5. The lowest BCUT2D eigenvalue weighted by molar-refractivity contribution is -0.111. The van der Waals surface area contributed by atoms with Crippen molar-refractivity contribution in [2.24, 2.45) is 7.05 Å². The van der Waals surface area contributed by atoms with E-state index in [2.05, 4.69) is 22.3 Å². The Bertz CT molecular complexity index is 343. The van der Waals surface area contributed by atoms with Gasteiger partial charge in [-0.2, -0.15) is 5.10 Å². The van der Waals surface area contributed by atoms with Gasteiger partial charge in [-0.1, -0.05) is 5.92 Å². The molecule has 0 atom stereocenters. The Kier molecular flexibility index (Phi) is 2.49. The SMILES string of the molecule is CC#CC(=O)Nc1ccn(C)n1. The summed E-state index contributed by atoms with van der Waals surface area (Å²) in [5.41, 5.74) is 0. The second-order valence-corrected chi connectivity index (χ2v) is 2.20. The van der Waals surface area contributed by atoms with E-state index in [1.165, 1.54) is 0 Å². The second-order valence-electron chi connectivity index (χ2n) is 2.20. The summed E-state index contributed by atoms with van der Waals surface area (Å²) in [6, 6.07) is 1.70. The maximum absolute atomic E-state index is 10.9. The van der Waals surface area contributed by atoms with Gasteiger partial charge in [0.05, 0.1) is 0 Å². The third kappa shape index (κ3) is 2.13. The van der Waals surface area contributed by atoms with Crippen LogP contribution < -0.4 is 5.32 Å². The average molecular weight is 163 g/mol. The lowest BCUT2D eigenvalue weighted by Gasteiger charge is -1.92. The first-order valence-electron chi connectivity index (χ1n) is 3.46. The molecule has 1 aromatic rings. The molecule has 0 saturated heterocycles. The summed E-state index contributed by atoms with van der Waals surface area (Å²) in [5.74, 6) is 5.03. The molecule has 0 aliphatic rings. The number of hydrogen-bond acceptors (Lipinski definition) is 2. The van der Waals surface area contributed by atoms with Crippen LogP contribution in [0.4, 0.5) is 5.82 Å². The van der Waals surface area contributed by atoms with Crippen LogP contribution in [0.5, 0.6) is 0 Å². The topological polar surface area (TPSA) is 46.9 Å². The average Bonchev–Trinajstić information content (AvgIpc) is 2.36. The number of carbonyl (C=O) groups excluding carboxylic acids is 1. The third-order valence-corrected chi connectivity index (χ3v) is 1.19. The molecule has 0 aliphatic carbocycles. The molecule has 1 aromatic heterocycles. The number of hydrogen-bond donors (Lipinski definition) is 1. The number of rotatable bonds is 1. The Labute approximate surface area is 70.6 Å². The minimum atomic E-state index is -0.337. The minimum Gasteiger partial charge on any atom is -0.298 e. The highest BCUT2D eigenvalue weighted by atomic mass is 16.1. The highest BCUT2D eigenvalue weighted by molar-refractivity contribution is 6.03. The van der Waals surface area contributed by atoms with E-state index < -0.39 is 0 Å². The molecule has 0 saturated carbocycles. The van der Waals surface area contributed by atoms with Gasteiger partial charge in [-0.05, 0) is 12.8 Å². The maximum Gasteiger partial charge on any atom is 0.301 e. The number of nitrogens with one attached hydrogen (secondary N) is 1. The zero-order chi connectivity index (χ0) is 8.97. The van der Waals surface area contributed by atoms with E-state index in [1.807, 2.05) is 0 Å². The van der Waals surface area contributed by atoms with Gasteiger partial charge in [0.25, 0.3) is 0 Å². The predicted octanol–water partition coefficient (Wildman–Crippen LogP) is 0.382. The number of aromatic nitrogens is 2. The Morgan fingerprint density at radius 1 is 1.75 bits per heavy atom. The molecule has 4 heteroatoms. The molecular weight excluding hydrogens is 154 g/mol. The highest BCUT2D eigenvalue weighted by Gasteiger charge is 1.98. The van der Waals surface area contributed by atoms with E-state index in [0.29, 0.717) is 5.82 Å². The Morgan fingerprint density at radius 2 is 2.50 bits per heavy atom. The fraction of sp³-hybridized carbons (Fsp3) is 0.250. The van der Waals surface area contributed by atoms with Crippen molar-refractivity contribution < 1.29 is 4.79 Å². The molecule has 1 amide bonds. The molecular formula is C8H9N3O. The second kappa shape index (κ2) is 3.58. The Morgan fingerprint density at radius 3 is 3.00 bits per heavy atom. The van der Waals surface area contributed by atoms with E-state index in [4.69, 9.17) is 0 Å². The van der Waals surface area contributed by atoms with Crippen LogP contribution in [0, 0.1) is 11.8 Å². The highest BCUT2D eigenvalue weighted by Crippen LogP contribution is 1.99. The number of amides is 1. The summed E-state index contributed by atoms with van der Waals surface area (Å²) in [4.78, 5) is 10.9. The van der Waals surface area contributed by atoms with Crippen LogP contribution in [0.2, 0.25) is 0 Å². The third-order valence-electron chi connectivity index (χ3n) is 1.19. The predicted molar refractivity (Wildman–Crippen MR) is 45.3 cm³/mol. The van der Waals surface area contributed by atoms with Crippen molar-refractivity contribution in [3.8, 4) is 11.8 Å². The molecule has 0 fully saturated rings. The van der Waals surface area contributed by atoms with Crippen LogP contribution in [0.3, 0.4) is 0 Å². The van der Waals surface area contributed by atoms with Crippen molar-refractivity contribution in [1.82, 2.24) is 9.78 Å². The van der Waals surface area contributed by atoms with E-state index in [1.54, 1.807) is 30.9 Å². The molecule has 1 N–H and O–H groups in total. The van der Waals surface area contributed by atoms with Crippen molar-refractivity contribution in [2.45, 2.75) is 6.92 Å². The normalized spacial score (nSPS) is 8.50. The summed E-state index contributed by atoms with van der Waals surface area (Å²) in [6.45, 7) is 1.61. The van der Waals surface area contributed by atoms with Crippen LogP contribution in [-0.2, 0) is 11.8 Å². The van der Waals surface area contributed by atoms with Crippen molar-refractivity contribution in [3.63, 3.8) is 0 Å². The molecule has 1 heterocycles. The summed E-state index contributed by atoms with van der Waals surface area (Å²) < 4.78 is 1.61. The number of carbonyl (C=O) groups is 1.